The molecule has 0 spiro atoms. The van der Waals surface area contributed by atoms with Crippen molar-refractivity contribution in [3.63, 3.8) is 0 Å². The lowest BCUT2D eigenvalue weighted by Gasteiger charge is -2.69. The maximum atomic E-state index is 11.9. The highest BCUT2D eigenvalue weighted by molar-refractivity contribution is 5.35. The van der Waals surface area contributed by atoms with Crippen LogP contribution in [0.25, 0.3) is 0 Å². The lowest BCUT2D eigenvalue weighted by atomic mass is 9.35. The summed E-state index contributed by atoms with van der Waals surface area (Å²) in [6.45, 7) is 17.9. The van der Waals surface area contributed by atoms with E-state index in [2.05, 4.69) is 54.5 Å². The summed E-state index contributed by atoms with van der Waals surface area (Å²) in [5.41, 5.74) is 2.13. The van der Waals surface area contributed by atoms with Gasteiger partial charge in [0.2, 0.25) is 0 Å². The number of rotatable bonds is 1. The number of aliphatic hydroxyl groups is 2. The van der Waals surface area contributed by atoms with Crippen LogP contribution in [-0.4, -0.2) is 35.1 Å². The van der Waals surface area contributed by atoms with Crippen molar-refractivity contribution in [2.45, 2.75) is 112 Å². The van der Waals surface area contributed by atoms with Crippen LogP contribution in [0, 0.1) is 56.7 Å². The van der Waals surface area contributed by atoms with E-state index >= 15 is 0 Å². The Morgan fingerprint density at radius 3 is 2.39 bits per heavy atom. The van der Waals surface area contributed by atoms with Gasteiger partial charge in [0.25, 0.3) is 0 Å². The second-order valence-corrected chi connectivity index (χ2v) is 15.0. The summed E-state index contributed by atoms with van der Waals surface area (Å²) in [6.07, 6.45) is 10.1. The molecule has 0 unspecified atom stereocenters. The van der Waals surface area contributed by atoms with Crippen LogP contribution < -0.4 is 0 Å². The SMILES string of the molecule is CC(C)[C@@H]1C[C@@H]2OC[C@]13CC[C@@]1(C)[C@H]4C(=CC[C@]1(C)[C@@H]23)[C@@]1(C)CC[C@H](O)C(C)(C)[C@@H]1C[C@@H]4O. The molecule has 2 bridgehead atoms. The summed E-state index contributed by atoms with van der Waals surface area (Å²) in [6, 6.07) is 0. The van der Waals surface area contributed by atoms with Crippen LogP contribution >= 0.6 is 0 Å². The molecule has 0 aromatic heterocycles. The maximum Gasteiger partial charge on any atom is 0.0618 e. The number of hydrogen-bond donors (Lipinski definition) is 2. The van der Waals surface area contributed by atoms with Gasteiger partial charge in [0.15, 0.2) is 0 Å². The van der Waals surface area contributed by atoms with E-state index in [0.717, 1.165) is 44.1 Å². The van der Waals surface area contributed by atoms with Crippen LogP contribution in [0.4, 0.5) is 0 Å². The smallest absolute Gasteiger partial charge is 0.0618 e. The molecule has 3 heteroatoms. The fourth-order valence-electron chi connectivity index (χ4n) is 11.6. The highest BCUT2D eigenvalue weighted by Gasteiger charge is 2.74. The van der Waals surface area contributed by atoms with E-state index in [1.807, 2.05) is 0 Å². The van der Waals surface area contributed by atoms with Crippen molar-refractivity contribution in [1.82, 2.24) is 0 Å². The quantitative estimate of drug-likeness (QED) is 0.477. The van der Waals surface area contributed by atoms with Crippen LogP contribution in [0.5, 0.6) is 0 Å². The third-order valence-corrected chi connectivity index (χ3v) is 13.4. The number of aliphatic hydroxyl groups excluding tert-OH is 2. The Balaban J connectivity index is 1.45. The number of fused-ring (bicyclic) bond motifs is 5. The molecule has 11 atom stereocenters. The molecule has 1 heterocycles. The van der Waals surface area contributed by atoms with Crippen LogP contribution in [0.2, 0.25) is 0 Å². The predicted molar refractivity (Wildman–Crippen MR) is 131 cm³/mol. The third-order valence-electron chi connectivity index (χ3n) is 13.4. The summed E-state index contributed by atoms with van der Waals surface area (Å²) in [4.78, 5) is 0. The zero-order valence-corrected chi connectivity index (χ0v) is 22.2. The molecule has 1 aliphatic heterocycles. The van der Waals surface area contributed by atoms with Gasteiger partial charge in [-0.15, -0.1) is 0 Å². The number of hydrogen-bond acceptors (Lipinski definition) is 3. The molecule has 0 amide bonds. The van der Waals surface area contributed by atoms with Crippen molar-refractivity contribution in [2.75, 3.05) is 6.61 Å². The van der Waals surface area contributed by atoms with Gasteiger partial charge in [0, 0.05) is 11.3 Å². The van der Waals surface area contributed by atoms with Gasteiger partial charge in [0.05, 0.1) is 24.9 Å². The van der Waals surface area contributed by atoms with Crippen molar-refractivity contribution in [3.05, 3.63) is 11.6 Å². The minimum Gasteiger partial charge on any atom is -0.393 e. The highest BCUT2D eigenvalue weighted by Crippen LogP contribution is 2.78. The van der Waals surface area contributed by atoms with Gasteiger partial charge in [0.1, 0.15) is 0 Å². The summed E-state index contributed by atoms with van der Waals surface area (Å²) in [5.74, 6) is 2.71. The molecule has 0 aromatic rings. The number of ether oxygens (including phenoxy) is 1. The van der Waals surface area contributed by atoms with Crippen LogP contribution in [-0.2, 0) is 4.74 Å². The molecule has 6 aliphatic rings. The zero-order chi connectivity index (χ0) is 23.8. The van der Waals surface area contributed by atoms with Crippen LogP contribution in [0.15, 0.2) is 11.6 Å². The van der Waals surface area contributed by atoms with Gasteiger partial charge < -0.3 is 14.9 Å². The highest BCUT2D eigenvalue weighted by atomic mass is 16.5. The maximum absolute atomic E-state index is 11.9. The second kappa shape index (κ2) is 6.68. The van der Waals surface area contributed by atoms with Gasteiger partial charge in [-0.1, -0.05) is 60.1 Å². The Morgan fingerprint density at radius 1 is 0.970 bits per heavy atom. The van der Waals surface area contributed by atoms with Crippen molar-refractivity contribution >= 4 is 0 Å². The molecule has 186 valence electrons. The lowest BCUT2D eigenvalue weighted by Crippen LogP contribution is -2.65. The van der Waals surface area contributed by atoms with Crippen molar-refractivity contribution in [1.29, 1.82) is 0 Å². The van der Waals surface area contributed by atoms with Crippen molar-refractivity contribution in [3.8, 4) is 0 Å². The molecule has 4 saturated carbocycles. The Bertz CT molecular complexity index is 876. The average Bonchev–Trinajstić information content (AvgIpc) is 3.29. The Hall–Kier alpha value is -0.380. The molecule has 6 rings (SSSR count). The van der Waals surface area contributed by atoms with Crippen molar-refractivity contribution < 1.29 is 14.9 Å². The lowest BCUT2D eigenvalue weighted by molar-refractivity contribution is -0.188. The van der Waals surface area contributed by atoms with Gasteiger partial charge in [-0.3, -0.25) is 0 Å². The first-order valence-electron chi connectivity index (χ1n) is 14.0. The normalized spacial score (nSPS) is 58.8. The Kier molecular flexibility index (Phi) is 4.66. The van der Waals surface area contributed by atoms with Crippen LogP contribution in [0.3, 0.4) is 0 Å². The second-order valence-electron chi connectivity index (χ2n) is 15.0. The first-order valence-corrected chi connectivity index (χ1v) is 14.0. The fourth-order valence-corrected chi connectivity index (χ4v) is 11.6. The molecular formula is C30H48O3. The molecule has 0 aromatic carbocycles. The fraction of sp³-hybridized carbons (Fsp3) is 0.933. The van der Waals surface area contributed by atoms with E-state index < -0.39 is 0 Å². The summed E-state index contributed by atoms with van der Waals surface area (Å²) in [5, 5.41) is 22.7. The Labute approximate surface area is 201 Å². The topological polar surface area (TPSA) is 49.7 Å². The van der Waals surface area contributed by atoms with Gasteiger partial charge >= 0.3 is 0 Å². The Morgan fingerprint density at radius 2 is 1.70 bits per heavy atom. The minimum atomic E-state index is -0.307. The van der Waals surface area contributed by atoms with E-state index in [4.69, 9.17) is 4.74 Å². The van der Waals surface area contributed by atoms with Gasteiger partial charge in [-0.2, -0.15) is 0 Å². The third kappa shape index (κ3) is 2.49. The van der Waals surface area contributed by atoms with Crippen molar-refractivity contribution in [2.24, 2.45) is 56.7 Å². The molecule has 2 N–H and O–H groups in total. The van der Waals surface area contributed by atoms with Crippen LogP contribution in [0.1, 0.15) is 93.4 Å². The summed E-state index contributed by atoms with van der Waals surface area (Å²) >= 11 is 0. The zero-order valence-electron chi connectivity index (χ0n) is 22.2. The van der Waals surface area contributed by atoms with E-state index in [1.54, 1.807) is 5.57 Å². The standard InChI is InChI=1S/C30H48O3/c1-17(2)19-14-21-25-29(7)11-8-18-24(28(29,6)12-13-30(19,25)16-33-21)20(31)15-22-26(3,4)23(32)9-10-27(18,22)5/h8,17,19-25,31-32H,9-16H2,1-7H3/t19-,20-,21-,22-,23-,24-,25+,27+,28-,29+,30+/m0/s1. The monoisotopic (exact) mass is 456 g/mol. The summed E-state index contributed by atoms with van der Waals surface area (Å²) < 4.78 is 6.53. The molecule has 0 radical (unpaired) electrons. The molecule has 5 aliphatic carbocycles. The first kappa shape index (κ1) is 23.0. The van der Waals surface area contributed by atoms with Gasteiger partial charge in [-0.05, 0) is 90.3 Å². The van der Waals surface area contributed by atoms with E-state index in [0.29, 0.717) is 23.4 Å². The molecule has 3 nitrogen and oxygen atoms in total. The largest absolute Gasteiger partial charge is 0.393 e. The van der Waals surface area contributed by atoms with E-state index in [-0.39, 0.29) is 39.8 Å². The van der Waals surface area contributed by atoms with E-state index in [9.17, 15) is 10.2 Å². The molecule has 5 fully saturated rings. The first-order chi connectivity index (χ1) is 15.3. The predicted octanol–water partition coefficient (Wildman–Crippen LogP) is 5.98. The number of allylic oxidation sites excluding steroid dienone is 1. The van der Waals surface area contributed by atoms with E-state index in [1.165, 1.54) is 19.3 Å². The minimum absolute atomic E-state index is 0.0950. The molecular weight excluding hydrogens is 408 g/mol. The summed E-state index contributed by atoms with van der Waals surface area (Å²) in [7, 11) is 0. The molecule has 33 heavy (non-hydrogen) atoms. The average molecular weight is 457 g/mol. The van der Waals surface area contributed by atoms with Gasteiger partial charge in [-0.25, -0.2) is 0 Å². The molecule has 1 saturated heterocycles.